The standard InChI is InChI=1S/C21H24N2O3/c1-4-22(17-8-5-7-15(2)11-17)21(25)16-12-20(24)23(14-16)18-9-6-10-19(13-18)26-3/h5-11,13,16H,4,12,14H2,1-3H3/t16-/m0/s1. The summed E-state index contributed by atoms with van der Waals surface area (Å²) in [4.78, 5) is 29.0. The lowest BCUT2D eigenvalue weighted by Gasteiger charge is -2.25. The number of rotatable bonds is 5. The van der Waals surface area contributed by atoms with Crippen molar-refractivity contribution in [3.63, 3.8) is 0 Å². The lowest BCUT2D eigenvalue weighted by atomic mass is 10.1. The van der Waals surface area contributed by atoms with Gasteiger partial charge in [0.05, 0.1) is 13.0 Å². The van der Waals surface area contributed by atoms with Gasteiger partial charge in [-0.05, 0) is 43.7 Å². The van der Waals surface area contributed by atoms with Crippen molar-refractivity contribution in [2.75, 3.05) is 30.0 Å². The normalized spacial score (nSPS) is 16.7. The maximum atomic E-state index is 13.1. The van der Waals surface area contributed by atoms with E-state index in [4.69, 9.17) is 4.74 Å². The van der Waals surface area contributed by atoms with E-state index in [1.165, 1.54) is 0 Å². The molecule has 2 amide bonds. The summed E-state index contributed by atoms with van der Waals surface area (Å²) in [6, 6.07) is 15.3. The second-order valence-electron chi connectivity index (χ2n) is 6.53. The zero-order valence-electron chi connectivity index (χ0n) is 15.4. The van der Waals surface area contributed by atoms with Gasteiger partial charge in [0, 0.05) is 37.0 Å². The van der Waals surface area contributed by atoms with Crippen molar-refractivity contribution >= 4 is 23.2 Å². The van der Waals surface area contributed by atoms with Crippen molar-refractivity contribution < 1.29 is 14.3 Å². The molecule has 5 heteroatoms. The van der Waals surface area contributed by atoms with Crippen LogP contribution in [-0.4, -0.2) is 32.0 Å². The predicted octanol–water partition coefficient (Wildman–Crippen LogP) is 3.41. The van der Waals surface area contributed by atoms with Crippen LogP contribution in [-0.2, 0) is 9.59 Å². The molecular weight excluding hydrogens is 328 g/mol. The molecule has 0 saturated carbocycles. The van der Waals surface area contributed by atoms with Crippen molar-refractivity contribution in [2.24, 2.45) is 5.92 Å². The quantitative estimate of drug-likeness (QED) is 0.829. The lowest BCUT2D eigenvalue weighted by Crippen LogP contribution is -2.37. The number of anilines is 2. The molecule has 0 N–H and O–H groups in total. The van der Waals surface area contributed by atoms with Crippen molar-refractivity contribution in [1.82, 2.24) is 0 Å². The summed E-state index contributed by atoms with van der Waals surface area (Å²) in [5, 5.41) is 0. The van der Waals surface area contributed by atoms with Gasteiger partial charge in [-0.15, -0.1) is 0 Å². The molecule has 2 aromatic carbocycles. The van der Waals surface area contributed by atoms with Crippen LogP contribution in [0.25, 0.3) is 0 Å². The molecule has 2 aromatic rings. The number of hydrogen-bond acceptors (Lipinski definition) is 3. The molecule has 0 bridgehead atoms. The Hall–Kier alpha value is -2.82. The van der Waals surface area contributed by atoms with Crippen LogP contribution in [0.15, 0.2) is 48.5 Å². The van der Waals surface area contributed by atoms with Crippen LogP contribution in [0.5, 0.6) is 5.75 Å². The Bertz CT molecular complexity index is 818. The predicted molar refractivity (Wildman–Crippen MR) is 103 cm³/mol. The third-order valence-corrected chi connectivity index (χ3v) is 4.73. The fourth-order valence-corrected chi connectivity index (χ4v) is 3.38. The van der Waals surface area contributed by atoms with Gasteiger partial charge in [0.1, 0.15) is 5.75 Å². The molecule has 3 rings (SSSR count). The summed E-state index contributed by atoms with van der Waals surface area (Å²) in [7, 11) is 1.60. The topological polar surface area (TPSA) is 49.9 Å². The van der Waals surface area contributed by atoms with E-state index in [0.29, 0.717) is 18.8 Å². The third kappa shape index (κ3) is 3.57. The summed E-state index contributed by atoms with van der Waals surface area (Å²) in [5.41, 5.74) is 2.75. The smallest absolute Gasteiger partial charge is 0.232 e. The largest absolute Gasteiger partial charge is 0.497 e. The Labute approximate surface area is 154 Å². The van der Waals surface area contributed by atoms with E-state index in [1.54, 1.807) is 16.9 Å². The molecule has 1 aliphatic rings. The number of methoxy groups -OCH3 is 1. The van der Waals surface area contributed by atoms with Crippen molar-refractivity contribution in [3.8, 4) is 5.75 Å². The zero-order chi connectivity index (χ0) is 18.7. The summed E-state index contributed by atoms with van der Waals surface area (Å²) in [5.74, 6) is 0.322. The minimum Gasteiger partial charge on any atom is -0.497 e. The number of carbonyl (C=O) groups excluding carboxylic acids is 2. The highest BCUT2D eigenvalue weighted by Crippen LogP contribution is 2.30. The molecule has 5 nitrogen and oxygen atoms in total. The number of aryl methyl sites for hydroxylation is 1. The van der Waals surface area contributed by atoms with Gasteiger partial charge in [0.25, 0.3) is 0 Å². The van der Waals surface area contributed by atoms with E-state index in [-0.39, 0.29) is 24.2 Å². The van der Waals surface area contributed by atoms with Crippen LogP contribution in [0.2, 0.25) is 0 Å². The highest BCUT2D eigenvalue weighted by Gasteiger charge is 2.37. The number of nitrogens with zero attached hydrogens (tertiary/aromatic N) is 2. The fourth-order valence-electron chi connectivity index (χ4n) is 3.38. The summed E-state index contributed by atoms with van der Waals surface area (Å²) >= 11 is 0. The highest BCUT2D eigenvalue weighted by atomic mass is 16.5. The zero-order valence-corrected chi connectivity index (χ0v) is 15.4. The molecular formula is C21H24N2O3. The summed E-state index contributed by atoms with van der Waals surface area (Å²) in [6.07, 6.45) is 0.234. The molecule has 1 fully saturated rings. The second-order valence-corrected chi connectivity index (χ2v) is 6.53. The molecule has 1 atom stereocenters. The molecule has 1 aliphatic heterocycles. The second kappa shape index (κ2) is 7.60. The van der Waals surface area contributed by atoms with Crippen molar-refractivity contribution in [2.45, 2.75) is 20.3 Å². The van der Waals surface area contributed by atoms with Gasteiger partial charge in [-0.1, -0.05) is 18.2 Å². The average molecular weight is 352 g/mol. The first-order chi connectivity index (χ1) is 12.5. The van der Waals surface area contributed by atoms with Crippen LogP contribution in [0.3, 0.4) is 0 Å². The van der Waals surface area contributed by atoms with Gasteiger partial charge in [-0.2, -0.15) is 0 Å². The fraction of sp³-hybridized carbons (Fsp3) is 0.333. The van der Waals surface area contributed by atoms with E-state index in [9.17, 15) is 9.59 Å². The Kier molecular flexibility index (Phi) is 5.26. The van der Waals surface area contributed by atoms with Gasteiger partial charge < -0.3 is 14.5 Å². The number of hydrogen-bond donors (Lipinski definition) is 0. The monoisotopic (exact) mass is 352 g/mol. The molecule has 1 heterocycles. The number of carbonyl (C=O) groups is 2. The maximum Gasteiger partial charge on any atom is 0.232 e. The van der Waals surface area contributed by atoms with Crippen LogP contribution in [0, 0.1) is 12.8 Å². The van der Waals surface area contributed by atoms with E-state index in [0.717, 1.165) is 16.9 Å². The number of benzene rings is 2. The Morgan fingerprint density at radius 3 is 2.69 bits per heavy atom. The lowest BCUT2D eigenvalue weighted by molar-refractivity contribution is -0.124. The van der Waals surface area contributed by atoms with Gasteiger partial charge in [0.2, 0.25) is 11.8 Å². The molecule has 0 aromatic heterocycles. The summed E-state index contributed by atoms with van der Waals surface area (Å²) in [6.45, 7) is 4.93. The third-order valence-electron chi connectivity index (χ3n) is 4.73. The van der Waals surface area contributed by atoms with Gasteiger partial charge in [-0.25, -0.2) is 0 Å². The van der Waals surface area contributed by atoms with Gasteiger partial charge >= 0.3 is 0 Å². The van der Waals surface area contributed by atoms with Gasteiger partial charge in [0.15, 0.2) is 0 Å². The molecule has 0 spiro atoms. The van der Waals surface area contributed by atoms with E-state index >= 15 is 0 Å². The Morgan fingerprint density at radius 2 is 2.00 bits per heavy atom. The van der Waals surface area contributed by atoms with E-state index in [2.05, 4.69) is 0 Å². The molecule has 0 aliphatic carbocycles. The first-order valence-electron chi connectivity index (χ1n) is 8.86. The minimum absolute atomic E-state index is 0.00292. The molecule has 136 valence electrons. The van der Waals surface area contributed by atoms with Gasteiger partial charge in [-0.3, -0.25) is 9.59 Å². The maximum absolute atomic E-state index is 13.1. The molecule has 0 unspecified atom stereocenters. The summed E-state index contributed by atoms with van der Waals surface area (Å²) < 4.78 is 5.24. The number of ether oxygens (including phenoxy) is 1. The molecule has 26 heavy (non-hydrogen) atoms. The Balaban J connectivity index is 1.79. The van der Waals surface area contributed by atoms with Crippen LogP contribution >= 0.6 is 0 Å². The van der Waals surface area contributed by atoms with E-state index < -0.39 is 0 Å². The first kappa shape index (κ1) is 18.0. The average Bonchev–Trinajstić information content (AvgIpc) is 3.04. The van der Waals surface area contributed by atoms with Crippen molar-refractivity contribution in [1.29, 1.82) is 0 Å². The highest BCUT2D eigenvalue weighted by molar-refractivity contribution is 6.04. The van der Waals surface area contributed by atoms with Crippen molar-refractivity contribution in [3.05, 3.63) is 54.1 Å². The molecule has 0 radical (unpaired) electrons. The SMILES string of the molecule is CCN(C(=O)[C@H]1CC(=O)N(c2cccc(OC)c2)C1)c1cccc(C)c1. The minimum atomic E-state index is -0.339. The number of amides is 2. The van der Waals surface area contributed by atoms with Crippen LogP contribution in [0.4, 0.5) is 11.4 Å². The molecule has 1 saturated heterocycles. The van der Waals surface area contributed by atoms with Crippen LogP contribution in [0.1, 0.15) is 18.9 Å². The van der Waals surface area contributed by atoms with Crippen LogP contribution < -0.4 is 14.5 Å². The Morgan fingerprint density at radius 1 is 1.23 bits per heavy atom. The first-order valence-corrected chi connectivity index (χ1v) is 8.86. The van der Waals surface area contributed by atoms with E-state index in [1.807, 2.05) is 62.4 Å².